The summed E-state index contributed by atoms with van der Waals surface area (Å²) in [5.41, 5.74) is 2.94. The van der Waals surface area contributed by atoms with Gasteiger partial charge in [0.25, 0.3) is 0 Å². The van der Waals surface area contributed by atoms with E-state index in [0.717, 1.165) is 34.0 Å². The van der Waals surface area contributed by atoms with Crippen molar-refractivity contribution in [2.75, 3.05) is 25.8 Å². The Morgan fingerprint density at radius 2 is 1.67 bits per heavy atom. The van der Waals surface area contributed by atoms with Gasteiger partial charge >= 0.3 is 6.18 Å². The maximum absolute atomic E-state index is 15.1. The molecule has 5 aromatic rings. The highest BCUT2D eigenvalue weighted by molar-refractivity contribution is 9.10. The van der Waals surface area contributed by atoms with E-state index in [9.17, 15) is 0 Å². The third-order valence-electron chi connectivity index (χ3n) is 10.1. The third-order valence-corrected chi connectivity index (χ3v) is 11.2. The first-order chi connectivity index (χ1) is 26.5. The van der Waals surface area contributed by atoms with Gasteiger partial charge in [-0.05, 0) is 99.9 Å². The minimum Gasteiger partial charge on any atom is -0.497 e. The minimum absolute atomic E-state index is 0.000805. The number of hydrogen-bond acceptors (Lipinski definition) is 9. The Balaban J connectivity index is 1.28. The molecule has 0 amide bonds. The predicted octanol–water partition coefficient (Wildman–Crippen LogP) is 8.21. The van der Waals surface area contributed by atoms with Crippen LogP contribution in [0.5, 0.6) is 17.2 Å². The van der Waals surface area contributed by atoms with Crippen LogP contribution < -0.4 is 35.0 Å². The molecule has 14 heteroatoms. The highest BCUT2D eigenvalue weighted by atomic mass is 79.9. The molecule has 0 bridgehead atoms. The fourth-order valence-corrected chi connectivity index (χ4v) is 8.36. The summed E-state index contributed by atoms with van der Waals surface area (Å²) in [5, 5.41) is 4.31. The number of nitrogens with one attached hydrogen (secondary N) is 1. The van der Waals surface area contributed by atoms with Gasteiger partial charge in [0.2, 0.25) is 0 Å². The van der Waals surface area contributed by atoms with Crippen LogP contribution in [0, 0.1) is 6.92 Å². The van der Waals surface area contributed by atoms with Crippen molar-refractivity contribution in [1.29, 1.82) is 0 Å². The van der Waals surface area contributed by atoms with Gasteiger partial charge in [0.15, 0.2) is 0 Å². The first-order valence-electron chi connectivity index (χ1n) is 17.5. The maximum Gasteiger partial charge on any atom is 0.418 e. The molecule has 1 atom stereocenters. The standard InChI is InChI=1S/C41H35BrClF3N6O3/c1-23-16-34(51(20-24-4-8-26(53-2)9-5-24)21-25-6-10-27(54-3)11-7-25)50-38(36(23)41(44,45)46)29-17-33-35-39(37(29)43)48-22-49-40(35)52(14-15-55-33)32-13-12-28-30(32)18-47-19-31(28)42/h4-11,14-19,32,49H,12-13,20-22H2,1-3H3. The van der Waals surface area contributed by atoms with Crippen LogP contribution in [-0.2, 0) is 25.7 Å². The predicted molar refractivity (Wildman–Crippen MR) is 207 cm³/mol. The number of halogens is 5. The lowest BCUT2D eigenvalue weighted by molar-refractivity contribution is -0.137. The number of pyridine rings is 2. The van der Waals surface area contributed by atoms with Crippen LogP contribution in [0.4, 0.5) is 19.0 Å². The lowest BCUT2D eigenvalue weighted by Gasteiger charge is -2.31. The second-order valence-corrected chi connectivity index (χ2v) is 14.7. The average Bonchev–Trinajstić information content (AvgIpc) is 3.53. The van der Waals surface area contributed by atoms with Crippen molar-refractivity contribution in [1.82, 2.24) is 20.2 Å². The minimum atomic E-state index is -4.75. The molecule has 0 spiro atoms. The summed E-state index contributed by atoms with van der Waals surface area (Å²) in [5.74, 6) is 2.72. The van der Waals surface area contributed by atoms with E-state index < -0.39 is 11.7 Å². The first-order valence-corrected chi connectivity index (χ1v) is 18.7. The molecular formula is C41H35BrClF3N6O3. The molecule has 4 heterocycles. The van der Waals surface area contributed by atoms with E-state index in [1.54, 1.807) is 20.4 Å². The SMILES string of the molecule is COc1ccc(CN(Cc2ccc(OC)cc2)c2cc(C)c(C(F)(F)F)c(-c3cc4c5c(c3Cl)=NCNC=5N(C3CCc5c(Br)cncc53)C=CO4)n2)cc1. The molecule has 3 aromatic carbocycles. The number of aromatic nitrogens is 2. The number of rotatable bonds is 9. The summed E-state index contributed by atoms with van der Waals surface area (Å²) in [7, 11) is 3.18. The second-order valence-electron chi connectivity index (χ2n) is 13.4. The molecule has 3 aliphatic rings. The quantitative estimate of drug-likeness (QED) is 0.159. The van der Waals surface area contributed by atoms with E-state index in [4.69, 9.17) is 30.8 Å². The van der Waals surface area contributed by atoms with Crippen molar-refractivity contribution in [3.63, 3.8) is 0 Å². The Bertz CT molecular complexity index is 2400. The summed E-state index contributed by atoms with van der Waals surface area (Å²) < 4.78 is 63.2. The number of ether oxygens (including phenoxy) is 3. The molecule has 0 radical (unpaired) electrons. The Morgan fingerprint density at radius 1 is 1.00 bits per heavy atom. The number of nitrogens with zero attached hydrogens (tertiary/aromatic N) is 5. The van der Waals surface area contributed by atoms with Crippen LogP contribution in [-0.4, -0.2) is 35.8 Å². The van der Waals surface area contributed by atoms with E-state index in [1.807, 2.05) is 65.8 Å². The van der Waals surface area contributed by atoms with Gasteiger partial charge in [-0.15, -0.1) is 0 Å². The van der Waals surface area contributed by atoms with Gasteiger partial charge in [0.1, 0.15) is 41.8 Å². The number of fused-ring (bicyclic) bond motifs is 1. The second kappa shape index (κ2) is 14.8. The molecule has 0 fully saturated rings. The van der Waals surface area contributed by atoms with E-state index >= 15 is 13.2 Å². The van der Waals surface area contributed by atoms with Gasteiger partial charge < -0.3 is 29.3 Å². The zero-order valence-corrected chi connectivity index (χ0v) is 32.4. The fourth-order valence-electron chi connectivity index (χ4n) is 7.51. The Kier molecular flexibility index (Phi) is 9.85. The molecule has 0 saturated heterocycles. The smallest absolute Gasteiger partial charge is 0.418 e. The number of methoxy groups -OCH3 is 2. The molecule has 282 valence electrons. The lowest BCUT2D eigenvalue weighted by atomic mass is 9.99. The van der Waals surface area contributed by atoms with Crippen molar-refractivity contribution in [3.05, 3.63) is 139 Å². The van der Waals surface area contributed by atoms with E-state index in [1.165, 1.54) is 30.9 Å². The Hall–Kier alpha value is -5.27. The van der Waals surface area contributed by atoms with Crippen LogP contribution >= 0.6 is 27.5 Å². The summed E-state index contributed by atoms with van der Waals surface area (Å²) in [4.78, 5) is 17.9. The number of benzene rings is 3. The summed E-state index contributed by atoms with van der Waals surface area (Å²) in [6, 6.07) is 18.0. The summed E-state index contributed by atoms with van der Waals surface area (Å²) in [6.07, 6.45) is 3.94. The van der Waals surface area contributed by atoms with Crippen molar-refractivity contribution < 1.29 is 27.4 Å². The third kappa shape index (κ3) is 6.95. The van der Waals surface area contributed by atoms with E-state index in [2.05, 4.69) is 36.1 Å². The summed E-state index contributed by atoms with van der Waals surface area (Å²) in [6.45, 7) is 2.29. The highest BCUT2D eigenvalue weighted by Crippen LogP contribution is 2.44. The molecule has 9 nitrogen and oxygen atoms in total. The molecule has 1 N–H and O–H groups in total. The Morgan fingerprint density at radius 3 is 2.31 bits per heavy atom. The van der Waals surface area contributed by atoms with E-state index in [0.29, 0.717) is 52.6 Å². The van der Waals surface area contributed by atoms with Crippen LogP contribution in [0.3, 0.4) is 0 Å². The Labute approximate surface area is 328 Å². The molecule has 0 saturated carbocycles. The molecular weight excluding hydrogens is 797 g/mol. The zero-order valence-electron chi connectivity index (χ0n) is 30.0. The number of alkyl halides is 3. The fraction of sp³-hybridized carbons (Fsp3) is 0.244. The topological polar surface area (TPSA) is 84.3 Å². The molecule has 2 aromatic heterocycles. The average molecular weight is 832 g/mol. The number of anilines is 1. The van der Waals surface area contributed by atoms with Gasteiger partial charge in [-0.3, -0.25) is 9.98 Å². The van der Waals surface area contributed by atoms with Gasteiger partial charge in [0, 0.05) is 41.7 Å². The van der Waals surface area contributed by atoms with Gasteiger partial charge in [-0.1, -0.05) is 35.9 Å². The maximum atomic E-state index is 15.1. The van der Waals surface area contributed by atoms with Crippen LogP contribution in [0.1, 0.15) is 45.8 Å². The first kappa shape index (κ1) is 36.7. The van der Waals surface area contributed by atoms with Crippen LogP contribution in [0.2, 0.25) is 5.02 Å². The summed E-state index contributed by atoms with van der Waals surface area (Å²) >= 11 is 10.8. The van der Waals surface area contributed by atoms with Crippen molar-refractivity contribution in [3.8, 4) is 28.5 Å². The van der Waals surface area contributed by atoms with Gasteiger partial charge in [-0.2, -0.15) is 13.2 Å². The zero-order chi connectivity index (χ0) is 38.4. The van der Waals surface area contributed by atoms with Crippen molar-refractivity contribution in [2.45, 2.75) is 45.1 Å². The lowest BCUT2D eigenvalue weighted by Crippen LogP contribution is -2.44. The monoisotopic (exact) mass is 830 g/mol. The number of hydrogen-bond donors (Lipinski definition) is 1. The largest absolute Gasteiger partial charge is 0.497 e. The van der Waals surface area contributed by atoms with Crippen molar-refractivity contribution in [2.24, 2.45) is 4.99 Å². The molecule has 1 unspecified atom stereocenters. The highest BCUT2D eigenvalue weighted by Gasteiger charge is 2.39. The molecule has 1 aliphatic carbocycles. The molecule has 55 heavy (non-hydrogen) atoms. The van der Waals surface area contributed by atoms with Crippen LogP contribution in [0.15, 0.2) is 95.0 Å². The molecule has 2 aliphatic heterocycles. The normalized spacial score (nSPS) is 15.7. The van der Waals surface area contributed by atoms with Gasteiger partial charge in [0.05, 0.1) is 47.1 Å². The van der Waals surface area contributed by atoms with Gasteiger partial charge in [-0.25, -0.2) is 4.98 Å². The van der Waals surface area contributed by atoms with E-state index in [-0.39, 0.29) is 34.6 Å². The number of aryl methyl sites for hydroxylation is 1. The van der Waals surface area contributed by atoms with Crippen molar-refractivity contribution >= 4 is 39.2 Å². The van der Waals surface area contributed by atoms with Crippen LogP contribution in [0.25, 0.3) is 17.1 Å². The molecule has 8 rings (SSSR count).